The summed E-state index contributed by atoms with van der Waals surface area (Å²) in [5.74, 6) is 0.399. The lowest BCUT2D eigenvalue weighted by Gasteiger charge is -2.24. The molecule has 86 valence electrons. The minimum Gasteiger partial charge on any atom is -0.489 e. The normalized spacial score (nSPS) is 18.0. The first-order valence-corrected chi connectivity index (χ1v) is 5.41. The molecule has 1 aliphatic rings. The third-order valence-electron chi connectivity index (χ3n) is 2.38. The average Bonchev–Trinajstić information content (AvgIpc) is 2.28. The molecule has 1 aromatic carbocycles. The van der Waals surface area contributed by atoms with E-state index in [-0.39, 0.29) is 5.97 Å². The van der Waals surface area contributed by atoms with E-state index in [1.54, 1.807) is 19.1 Å². The number of benzene rings is 1. The van der Waals surface area contributed by atoms with Crippen LogP contribution in [0.15, 0.2) is 18.2 Å². The first-order chi connectivity index (χ1) is 7.70. The Kier molecular flexibility index (Phi) is 2.99. The Morgan fingerprint density at radius 1 is 1.62 bits per heavy atom. The van der Waals surface area contributed by atoms with Gasteiger partial charge in [0.05, 0.1) is 23.9 Å². The summed E-state index contributed by atoms with van der Waals surface area (Å²) in [5, 5.41) is 3.28. The van der Waals surface area contributed by atoms with Crippen LogP contribution in [-0.4, -0.2) is 25.2 Å². The van der Waals surface area contributed by atoms with Crippen LogP contribution in [0.1, 0.15) is 24.2 Å². The number of nitrogens with one attached hydrogen (secondary N) is 1. The van der Waals surface area contributed by atoms with Crippen LogP contribution in [0.5, 0.6) is 5.75 Å². The zero-order chi connectivity index (χ0) is 11.5. The van der Waals surface area contributed by atoms with E-state index in [9.17, 15) is 4.79 Å². The van der Waals surface area contributed by atoms with E-state index in [4.69, 9.17) is 9.47 Å². The van der Waals surface area contributed by atoms with Crippen LogP contribution in [0.3, 0.4) is 0 Å². The molecule has 2 rings (SSSR count). The van der Waals surface area contributed by atoms with Gasteiger partial charge in [0.2, 0.25) is 0 Å². The Balaban J connectivity index is 2.22. The van der Waals surface area contributed by atoms with Crippen molar-refractivity contribution in [2.45, 2.75) is 19.9 Å². The monoisotopic (exact) mass is 221 g/mol. The molecule has 0 bridgehead atoms. The number of rotatable bonds is 2. The molecule has 1 heterocycles. The molecular weight excluding hydrogens is 206 g/mol. The Bertz CT molecular complexity index is 403. The van der Waals surface area contributed by atoms with E-state index in [1.807, 2.05) is 13.0 Å². The van der Waals surface area contributed by atoms with Crippen molar-refractivity contribution in [3.05, 3.63) is 23.8 Å². The molecule has 0 aromatic heterocycles. The first-order valence-electron chi connectivity index (χ1n) is 5.41. The minimum atomic E-state index is -0.312. The number of hydrogen-bond donors (Lipinski definition) is 1. The van der Waals surface area contributed by atoms with Gasteiger partial charge >= 0.3 is 5.97 Å². The quantitative estimate of drug-likeness (QED) is 0.776. The molecule has 0 spiro atoms. The van der Waals surface area contributed by atoms with E-state index < -0.39 is 0 Å². The highest BCUT2D eigenvalue weighted by Gasteiger charge is 2.17. The van der Waals surface area contributed by atoms with E-state index >= 15 is 0 Å². The second-order valence-corrected chi connectivity index (χ2v) is 3.79. The van der Waals surface area contributed by atoms with Gasteiger partial charge < -0.3 is 14.8 Å². The van der Waals surface area contributed by atoms with Crippen molar-refractivity contribution < 1.29 is 14.3 Å². The van der Waals surface area contributed by atoms with Crippen LogP contribution >= 0.6 is 0 Å². The number of esters is 1. The molecule has 4 heteroatoms. The summed E-state index contributed by atoms with van der Waals surface area (Å²) in [4.78, 5) is 11.5. The molecule has 1 unspecified atom stereocenters. The van der Waals surface area contributed by atoms with Crippen LogP contribution in [0, 0.1) is 0 Å². The summed E-state index contributed by atoms with van der Waals surface area (Å²) >= 11 is 0. The fourth-order valence-electron chi connectivity index (χ4n) is 1.62. The summed E-state index contributed by atoms with van der Waals surface area (Å²) in [7, 11) is 0. The van der Waals surface area contributed by atoms with Crippen molar-refractivity contribution in [1.82, 2.24) is 0 Å². The molecule has 0 aliphatic carbocycles. The molecule has 1 aliphatic heterocycles. The maximum absolute atomic E-state index is 11.5. The van der Waals surface area contributed by atoms with Crippen molar-refractivity contribution in [3.63, 3.8) is 0 Å². The van der Waals surface area contributed by atoms with Gasteiger partial charge in [-0.2, -0.15) is 0 Å². The van der Waals surface area contributed by atoms with Gasteiger partial charge in [0, 0.05) is 0 Å². The molecule has 16 heavy (non-hydrogen) atoms. The van der Waals surface area contributed by atoms with Gasteiger partial charge in [-0.3, -0.25) is 0 Å². The Morgan fingerprint density at radius 2 is 2.44 bits per heavy atom. The topological polar surface area (TPSA) is 47.6 Å². The Hall–Kier alpha value is -1.71. The van der Waals surface area contributed by atoms with Gasteiger partial charge in [0.25, 0.3) is 0 Å². The van der Waals surface area contributed by atoms with Crippen molar-refractivity contribution in [1.29, 1.82) is 0 Å². The molecule has 0 fully saturated rings. The summed E-state index contributed by atoms with van der Waals surface area (Å²) in [6, 6.07) is 5.59. The molecule has 1 N–H and O–H groups in total. The average molecular weight is 221 g/mol. The highest BCUT2D eigenvalue weighted by atomic mass is 16.5. The second kappa shape index (κ2) is 4.43. The van der Waals surface area contributed by atoms with Crippen molar-refractivity contribution in [3.8, 4) is 5.75 Å². The molecule has 1 atom stereocenters. The van der Waals surface area contributed by atoms with Crippen LogP contribution in [0.25, 0.3) is 0 Å². The number of fused-ring (bicyclic) bond motifs is 1. The highest BCUT2D eigenvalue weighted by Crippen LogP contribution is 2.29. The molecule has 0 amide bonds. The van der Waals surface area contributed by atoms with Crippen LogP contribution in [0.2, 0.25) is 0 Å². The van der Waals surface area contributed by atoms with Crippen molar-refractivity contribution in [2.75, 3.05) is 18.5 Å². The van der Waals surface area contributed by atoms with Crippen LogP contribution < -0.4 is 10.1 Å². The van der Waals surface area contributed by atoms with Crippen molar-refractivity contribution in [2.24, 2.45) is 0 Å². The maximum atomic E-state index is 11.5. The smallest absolute Gasteiger partial charge is 0.338 e. The number of carbonyl (C=O) groups excluding carboxylic acids is 1. The highest BCUT2D eigenvalue weighted by molar-refractivity contribution is 5.90. The van der Waals surface area contributed by atoms with E-state index in [0.29, 0.717) is 30.6 Å². The summed E-state index contributed by atoms with van der Waals surface area (Å²) < 4.78 is 10.5. The fourth-order valence-corrected chi connectivity index (χ4v) is 1.62. The molecular formula is C12H15NO3. The predicted molar refractivity (Wildman–Crippen MR) is 61.0 cm³/mol. The Morgan fingerprint density at radius 3 is 3.19 bits per heavy atom. The molecule has 4 nitrogen and oxygen atoms in total. The van der Waals surface area contributed by atoms with Gasteiger partial charge in [-0.05, 0) is 32.0 Å². The third kappa shape index (κ3) is 2.10. The third-order valence-corrected chi connectivity index (χ3v) is 2.38. The van der Waals surface area contributed by atoms with Gasteiger partial charge in [-0.25, -0.2) is 4.79 Å². The maximum Gasteiger partial charge on any atom is 0.338 e. The van der Waals surface area contributed by atoms with Gasteiger partial charge in [0.15, 0.2) is 0 Å². The lowest BCUT2D eigenvalue weighted by Crippen LogP contribution is -2.28. The largest absolute Gasteiger partial charge is 0.489 e. The predicted octanol–water partition coefficient (Wildman–Crippen LogP) is 2.06. The van der Waals surface area contributed by atoms with E-state index in [2.05, 4.69) is 5.32 Å². The summed E-state index contributed by atoms with van der Waals surface area (Å²) in [6.45, 7) is 4.82. The zero-order valence-corrected chi connectivity index (χ0v) is 9.45. The standard InChI is InChI=1S/C12H15NO3/c1-3-15-12(14)9-4-5-10-11(6-9)16-7-8(2)13-10/h4-6,8,13H,3,7H2,1-2H3. The van der Waals surface area contributed by atoms with Crippen LogP contribution in [0.4, 0.5) is 5.69 Å². The summed E-state index contributed by atoms with van der Waals surface area (Å²) in [6.07, 6.45) is 0. The van der Waals surface area contributed by atoms with E-state index in [0.717, 1.165) is 5.69 Å². The number of anilines is 1. The van der Waals surface area contributed by atoms with E-state index in [1.165, 1.54) is 0 Å². The Labute approximate surface area is 94.6 Å². The molecule has 1 aromatic rings. The van der Waals surface area contributed by atoms with Gasteiger partial charge in [-0.15, -0.1) is 0 Å². The zero-order valence-electron chi connectivity index (χ0n) is 9.45. The number of hydrogen-bond acceptors (Lipinski definition) is 4. The lowest BCUT2D eigenvalue weighted by atomic mass is 10.1. The fraction of sp³-hybridized carbons (Fsp3) is 0.417. The summed E-state index contributed by atoms with van der Waals surface area (Å²) in [5.41, 5.74) is 1.45. The molecule has 0 saturated heterocycles. The second-order valence-electron chi connectivity index (χ2n) is 3.79. The lowest BCUT2D eigenvalue weighted by molar-refractivity contribution is 0.0526. The van der Waals surface area contributed by atoms with Gasteiger partial charge in [0.1, 0.15) is 12.4 Å². The van der Waals surface area contributed by atoms with Crippen molar-refractivity contribution >= 4 is 11.7 Å². The van der Waals surface area contributed by atoms with Gasteiger partial charge in [-0.1, -0.05) is 0 Å². The molecule has 0 saturated carbocycles. The first kappa shape index (κ1) is 10.8. The number of ether oxygens (including phenoxy) is 2. The SMILES string of the molecule is CCOC(=O)c1ccc2c(c1)OCC(C)N2. The minimum absolute atomic E-state index is 0.293. The van der Waals surface area contributed by atoms with Crippen LogP contribution in [-0.2, 0) is 4.74 Å². The number of carbonyl (C=O) groups is 1. The molecule has 0 radical (unpaired) electrons.